The Hall–Kier alpha value is -3.66. The molecule has 1 heterocycles. The topological polar surface area (TPSA) is 134 Å². The molecule has 3 rings (SSSR count). The van der Waals surface area contributed by atoms with Crippen molar-refractivity contribution in [2.24, 2.45) is 5.10 Å². The van der Waals surface area contributed by atoms with E-state index in [1.807, 2.05) is 0 Å². The van der Waals surface area contributed by atoms with E-state index in [4.69, 9.17) is 16.3 Å². The molecule has 1 aliphatic heterocycles. The molecule has 1 aliphatic rings. The number of aromatic hydroxyl groups is 1. The van der Waals surface area contributed by atoms with Gasteiger partial charge in [-0.05, 0) is 18.2 Å². The number of anilines is 1. The molecule has 144 valence electrons. The lowest BCUT2D eigenvalue weighted by Gasteiger charge is -2.28. The summed E-state index contributed by atoms with van der Waals surface area (Å²) in [4.78, 5) is 35.5. The molecule has 2 aromatic carbocycles. The standard InChI is InChI=1S/C17H13ClN4O6/c18-11-5-10(17(25)13(6-11)22(26)27)7-19-20-15(23)8-21-12-3-1-2-4-14(12)28-9-16(21)24/h1-7,25H,8-9H2,(H,20,23)/b19-7+. The zero-order valence-electron chi connectivity index (χ0n) is 14.2. The zero-order valence-corrected chi connectivity index (χ0v) is 14.9. The number of hydrazone groups is 1. The fraction of sp³-hybridized carbons (Fsp3) is 0.118. The minimum absolute atomic E-state index is 0.0211. The molecular weight excluding hydrogens is 392 g/mol. The number of ether oxygens (including phenoxy) is 1. The maximum Gasteiger partial charge on any atom is 0.312 e. The van der Waals surface area contributed by atoms with E-state index in [1.54, 1.807) is 24.3 Å². The molecule has 2 amide bonds. The van der Waals surface area contributed by atoms with Gasteiger partial charge in [-0.25, -0.2) is 5.43 Å². The largest absolute Gasteiger partial charge is 0.502 e. The first-order valence-electron chi connectivity index (χ1n) is 7.88. The SMILES string of the molecule is O=C(CN1C(=O)COc2ccccc21)N/N=C/c1cc(Cl)cc([N+](=O)[O-])c1O. The summed E-state index contributed by atoms with van der Waals surface area (Å²) in [6.07, 6.45) is 1.02. The fourth-order valence-corrected chi connectivity index (χ4v) is 2.74. The number of para-hydroxylation sites is 2. The van der Waals surface area contributed by atoms with E-state index in [0.29, 0.717) is 11.4 Å². The lowest BCUT2D eigenvalue weighted by atomic mass is 10.2. The van der Waals surface area contributed by atoms with Crippen molar-refractivity contribution in [3.63, 3.8) is 0 Å². The molecule has 28 heavy (non-hydrogen) atoms. The lowest BCUT2D eigenvalue weighted by Crippen LogP contribution is -2.44. The number of nitrogens with zero attached hydrogens (tertiary/aromatic N) is 3. The van der Waals surface area contributed by atoms with Crippen LogP contribution in [0.2, 0.25) is 5.02 Å². The minimum Gasteiger partial charge on any atom is -0.502 e. The second-order valence-corrected chi connectivity index (χ2v) is 6.09. The molecule has 0 fully saturated rings. The van der Waals surface area contributed by atoms with Gasteiger partial charge >= 0.3 is 5.69 Å². The third-order valence-electron chi connectivity index (χ3n) is 3.78. The van der Waals surface area contributed by atoms with Gasteiger partial charge in [-0.3, -0.25) is 24.6 Å². The van der Waals surface area contributed by atoms with E-state index < -0.39 is 22.3 Å². The van der Waals surface area contributed by atoms with E-state index >= 15 is 0 Å². The summed E-state index contributed by atoms with van der Waals surface area (Å²) < 4.78 is 5.29. The highest BCUT2D eigenvalue weighted by Crippen LogP contribution is 2.32. The Kier molecular flexibility index (Phi) is 5.41. The maximum atomic E-state index is 12.1. The van der Waals surface area contributed by atoms with E-state index in [9.17, 15) is 24.8 Å². The van der Waals surface area contributed by atoms with Crippen LogP contribution in [0.15, 0.2) is 41.5 Å². The Morgan fingerprint density at radius 1 is 1.43 bits per heavy atom. The van der Waals surface area contributed by atoms with Crippen LogP contribution < -0.4 is 15.1 Å². The number of amides is 2. The molecule has 2 aromatic rings. The number of rotatable bonds is 5. The third-order valence-corrected chi connectivity index (χ3v) is 4.00. The molecule has 0 aliphatic carbocycles. The molecule has 0 spiro atoms. The van der Waals surface area contributed by atoms with Crippen LogP contribution in [-0.2, 0) is 9.59 Å². The van der Waals surface area contributed by atoms with Crippen LogP contribution in [0.1, 0.15) is 5.56 Å². The van der Waals surface area contributed by atoms with Gasteiger partial charge in [-0.1, -0.05) is 23.7 Å². The average Bonchev–Trinajstić information content (AvgIpc) is 2.66. The summed E-state index contributed by atoms with van der Waals surface area (Å²) in [7, 11) is 0. The van der Waals surface area contributed by atoms with Gasteiger partial charge in [-0.15, -0.1) is 0 Å². The normalized spacial score (nSPS) is 13.2. The van der Waals surface area contributed by atoms with Crippen LogP contribution >= 0.6 is 11.6 Å². The van der Waals surface area contributed by atoms with E-state index in [-0.39, 0.29) is 29.6 Å². The quantitative estimate of drug-likeness (QED) is 0.443. The molecule has 11 heteroatoms. The fourth-order valence-electron chi connectivity index (χ4n) is 2.52. The number of phenols is 1. The molecule has 10 nitrogen and oxygen atoms in total. The second kappa shape index (κ2) is 7.92. The first-order chi connectivity index (χ1) is 13.4. The van der Waals surface area contributed by atoms with Crippen LogP contribution in [0.4, 0.5) is 11.4 Å². The van der Waals surface area contributed by atoms with Gasteiger partial charge in [0.2, 0.25) is 5.75 Å². The van der Waals surface area contributed by atoms with Gasteiger partial charge in [0.15, 0.2) is 6.61 Å². The number of carbonyl (C=O) groups excluding carboxylic acids is 2. The first kappa shape index (κ1) is 19.1. The Morgan fingerprint density at radius 3 is 2.93 bits per heavy atom. The lowest BCUT2D eigenvalue weighted by molar-refractivity contribution is -0.385. The number of hydrogen-bond acceptors (Lipinski definition) is 7. The smallest absolute Gasteiger partial charge is 0.312 e. The van der Waals surface area contributed by atoms with Crippen molar-refractivity contribution in [3.8, 4) is 11.5 Å². The van der Waals surface area contributed by atoms with Crippen molar-refractivity contribution < 1.29 is 24.4 Å². The van der Waals surface area contributed by atoms with Crippen molar-refractivity contribution in [1.82, 2.24) is 5.43 Å². The number of nitro groups is 1. The van der Waals surface area contributed by atoms with Gasteiger partial charge in [-0.2, -0.15) is 5.10 Å². The van der Waals surface area contributed by atoms with Crippen molar-refractivity contribution in [2.45, 2.75) is 0 Å². The number of nitrogens with one attached hydrogen (secondary N) is 1. The second-order valence-electron chi connectivity index (χ2n) is 5.65. The monoisotopic (exact) mass is 404 g/mol. The number of phenolic OH excluding ortho intramolecular Hbond substituents is 1. The predicted octanol–water partition coefficient (Wildman–Crippen LogP) is 1.83. The predicted molar refractivity (Wildman–Crippen MR) is 99.8 cm³/mol. The van der Waals surface area contributed by atoms with Gasteiger partial charge in [0.25, 0.3) is 11.8 Å². The summed E-state index contributed by atoms with van der Waals surface area (Å²) in [6, 6.07) is 9.02. The summed E-state index contributed by atoms with van der Waals surface area (Å²) in [5.41, 5.74) is 2.02. The molecule has 0 bridgehead atoms. The number of halogens is 1. The summed E-state index contributed by atoms with van der Waals surface area (Å²) in [6.45, 7) is -0.494. The Morgan fingerprint density at radius 2 is 2.18 bits per heavy atom. The molecule has 0 radical (unpaired) electrons. The van der Waals surface area contributed by atoms with Crippen LogP contribution in [0, 0.1) is 10.1 Å². The Bertz CT molecular complexity index is 994. The number of fused-ring (bicyclic) bond motifs is 1. The van der Waals surface area contributed by atoms with Gasteiger partial charge in [0.05, 0.1) is 16.8 Å². The van der Waals surface area contributed by atoms with Gasteiger partial charge in [0, 0.05) is 16.7 Å². The summed E-state index contributed by atoms with van der Waals surface area (Å²) >= 11 is 5.78. The van der Waals surface area contributed by atoms with Crippen molar-refractivity contribution in [2.75, 3.05) is 18.1 Å². The molecular formula is C17H13ClN4O6. The molecule has 0 atom stereocenters. The molecule has 2 N–H and O–H groups in total. The first-order valence-corrected chi connectivity index (χ1v) is 8.25. The van der Waals surface area contributed by atoms with E-state index in [1.165, 1.54) is 11.0 Å². The van der Waals surface area contributed by atoms with Crippen LogP contribution in [0.25, 0.3) is 0 Å². The summed E-state index contributed by atoms with van der Waals surface area (Å²) in [5, 5.41) is 24.4. The highest BCUT2D eigenvalue weighted by molar-refractivity contribution is 6.31. The highest BCUT2D eigenvalue weighted by atomic mass is 35.5. The van der Waals surface area contributed by atoms with Crippen molar-refractivity contribution in [1.29, 1.82) is 0 Å². The van der Waals surface area contributed by atoms with Crippen molar-refractivity contribution in [3.05, 3.63) is 57.1 Å². The zero-order chi connectivity index (χ0) is 20.3. The van der Waals surface area contributed by atoms with E-state index in [2.05, 4.69) is 10.5 Å². The molecule has 0 saturated carbocycles. The molecule has 0 aromatic heterocycles. The minimum atomic E-state index is -0.793. The van der Waals surface area contributed by atoms with E-state index in [0.717, 1.165) is 12.3 Å². The van der Waals surface area contributed by atoms with Crippen molar-refractivity contribution >= 4 is 41.0 Å². The number of carbonyl (C=O) groups is 2. The maximum absolute atomic E-state index is 12.1. The Balaban J connectivity index is 1.70. The van der Waals surface area contributed by atoms with Gasteiger partial charge in [0.1, 0.15) is 12.3 Å². The Labute approximate surface area is 163 Å². The number of hydrogen-bond donors (Lipinski definition) is 2. The van der Waals surface area contributed by atoms with Gasteiger partial charge < -0.3 is 9.84 Å². The van der Waals surface area contributed by atoms with Crippen LogP contribution in [0.3, 0.4) is 0 Å². The highest BCUT2D eigenvalue weighted by Gasteiger charge is 2.26. The van der Waals surface area contributed by atoms with Crippen LogP contribution in [0.5, 0.6) is 11.5 Å². The average molecular weight is 405 g/mol. The number of nitro benzene ring substituents is 1. The summed E-state index contributed by atoms with van der Waals surface area (Å²) in [5.74, 6) is -1.16. The third kappa shape index (κ3) is 4.01. The molecule has 0 saturated heterocycles. The number of benzene rings is 2. The molecule has 0 unspecified atom stereocenters. The van der Waals surface area contributed by atoms with Crippen LogP contribution in [-0.4, -0.2) is 41.2 Å².